The number of hydroxylamine groups is 2. The summed E-state index contributed by atoms with van der Waals surface area (Å²) < 4.78 is 11.1. The van der Waals surface area contributed by atoms with Gasteiger partial charge in [-0.1, -0.05) is 18.6 Å². The average molecular weight is 325 g/mol. The molecule has 7 heteroatoms. The average Bonchev–Trinajstić information content (AvgIpc) is 2.82. The third kappa shape index (κ3) is 3.97. The van der Waals surface area contributed by atoms with Gasteiger partial charge in [0.25, 0.3) is 11.8 Å². The third-order valence-corrected chi connectivity index (χ3v) is 4.35. The second-order valence-corrected chi connectivity index (χ2v) is 5.82. The highest BCUT2D eigenvalue weighted by atomic mass is 16.7. The Kier molecular flexibility index (Phi) is 5.90. The normalized spacial score (nSPS) is 30.0. The van der Waals surface area contributed by atoms with Crippen molar-refractivity contribution in [1.29, 1.82) is 0 Å². The minimum atomic E-state index is -0.866. The fraction of sp³-hybridized carbons (Fsp3) is 0.688. The molecule has 128 valence electrons. The molecule has 0 aromatic carbocycles. The molecule has 0 aromatic rings. The van der Waals surface area contributed by atoms with Gasteiger partial charge in [0.05, 0.1) is 6.42 Å². The lowest BCUT2D eigenvalue weighted by Gasteiger charge is -2.37. The minimum absolute atomic E-state index is 0.0744. The van der Waals surface area contributed by atoms with Gasteiger partial charge < -0.3 is 14.3 Å². The number of hydrogen-bond acceptors (Lipinski definition) is 6. The molecule has 0 aromatic heterocycles. The van der Waals surface area contributed by atoms with Gasteiger partial charge in [-0.05, 0) is 19.3 Å². The molecule has 7 nitrogen and oxygen atoms in total. The van der Waals surface area contributed by atoms with E-state index in [4.69, 9.17) is 14.3 Å². The lowest BCUT2D eigenvalue weighted by Crippen LogP contribution is -2.47. The summed E-state index contributed by atoms with van der Waals surface area (Å²) in [5.74, 6) is -1.65. The zero-order chi connectivity index (χ0) is 16.9. The van der Waals surface area contributed by atoms with Crippen LogP contribution in [0.1, 0.15) is 44.9 Å². The molecule has 1 fully saturated rings. The molecule has 23 heavy (non-hydrogen) atoms. The van der Waals surface area contributed by atoms with Crippen molar-refractivity contribution in [1.82, 2.24) is 5.06 Å². The molecule has 0 radical (unpaired) electrons. The highest BCUT2D eigenvalue weighted by Gasteiger charge is 2.42. The molecule has 0 spiro atoms. The second-order valence-electron chi connectivity index (χ2n) is 5.82. The maximum Gasteiger partial charge on any atom is 0.336 e. The van der Waals surface area contributed by atoms with Crippen LogP contribution in [0, 0.1) is 0 Å². The van der Waals surface area contributed by atoms with Crippen LogP contribution in [0.3, 0.4) is 0 Å². The Balaban J connectivity index is 2.10. The Bertz CT molecular complexity index is 487. The predicted octanol–water partition coefficient (Wildman–Crippen LogP) is 1.51. The largest absolute Gasteiger partial charge is 0.375 e. The van der Waals surface area contributed by atoms with Crippen LogP contribution < -0.4 is 0 Å². The van der Waals surface area contributed by atoms with Crippen LogP contribution in [0.5, 0.6) is 0 Å². The van der Waals surface area contributed by atoms with Gasteiger partial charge in [0.15, 0.2) is 0 Å². The van der Waals surface area contributed by atoms with Crippen LogP contribution in [-0.4, -0.2) is 48.8 Å². The predicted molar refractivity (Wildman–Crippen MR) is 79.9 cm³/mol. The lowest BCUT2D eigenvalue weighted by atomic mass is 9.84. The third-order valence-electron chi connectivity index (χ3n) is 4.35. The zero-order valence-corrected chi connectivity index (χ0v) is 13.6. The molecule has 2 rings (SSSR count). The van der Waals surface area contributed by atoms with Gasteiger partial charge in [0.2, 0.25) is 0 Å². The molecule has 1 heterocycles. The van der Waals surface area contributed by atoms with E-state index < -0.39 is 29.5 Å². The number of imide groups is 1. The van der Waals surface area contributed by atoms with Crippen molar-refractivity contribution in [3.63, 3.8) is 0 Å². The smallest absolute Gasteiger partial charge is 0.336 e. The number of nitrogens with zero attached hydrogens (tertiary/aromatic N) is 1. The first-order valence-corrected chi connectivity index (χ1v) is 7.83. The number of hydrogen-bond donors (Lipinski definition) is 0. The van der Waals surface area contributed by atoms with E-state index in [0.29, 0.717) is 11.5 Å². The Morgan fingerprint density at radius 3 is 2.57 bits per heavy atom. The van der Waals surface area contributed by atoms with E-state index in [-0.39, 0.29) is 19.3 Å². The van der Waals surface area contributed by atoms with Crippen LogP contribution in [-0.2, 0) is 28.7 Å². The van der Waals surface area contributed by atoms with E-state index in [0.717, 1.165) is 19.3 Å². The first-order chi connectivity index (χ1) is 11.0. The quantitative estimate of drug-likeness (QED) is 0.563. The molecule has 2 amide bonds. The van der Waals surface area contributed by atoms with Crippen LogP contribution in [0.2, 0.25) is 0 Å². The molecule has 0 N–H and O–H groups in total. The topological polar surface area (TPSA) is 82.1 Å². The van der Waals surface area contributed by atoms with Gasteiger partial charge in [-0.15, -0.1) is 5.06 Å². The van der Waals surface area contributed by atoms with Crippen molar-refractivity contribution in [3.05, 3.63) is 12.2 Å². The maximum absolute atomic E-state index is 12.3. The Morgan fingerprint density at radius 1 is 1.26 bits per heavy atom. The van der Waals surface area contributed by atoms with E-state index in [1.54, 1.807) is 7.11 Å². The molecular formula is C16H23NO6. The number of ether oxygens (including phenoxy) is 2. The SMILES string of the molecule is COC1/C=C\CCCCC1(CC(=O)ON1C(=O)CCC1=O)OC. The number of allylic oxidation sites excluding steroid dienone is 1. The summed E-state index contributed by atoms with van der Waals surface area (Å²) in [6, 6.07) is 0. The number of carbonyl (C=O) groups excluding carboxylic acids is 3. The lowest BCUT2D eigenvalue weighted by molar-refractivity contribution is -0.204. The van der Waals surface area contributed by atoms with E-state index in [9.17, 15) is 14.4 Å². The van der Waals surface area contributed by atoms with E-state index in [2.05, 4.69) is 0 Å². The molecule has 0 bridgehead atoms. The highest BCUT2D eigenvalue weighted by molar-refractivity contribution is 6.01. The standard InChI is InChI=1S/C16H23NO6/c1-21-12-7-5-3-4-6-10-16(12,22-2)11-15(20)23-17-13(18)8-9-14(17)19/h5,7,12H,3-4,6,8-11H2,1-2H3/b7-5-. The summed E-state index contributed by atoms with van der Waals surface area (Å²) in [5, 5.41) is 0.562. The van der Waals surface area contributed by atoms with Crippen molar-refractivity contribution in [2.24, 2.45) is 0 Å². The van der Waals surface area contributed by atoms with Gasteiger partial charge in [-0.3, -0.25) is 9.59 Å². The fourth-order valence-electron chi connectivity index (χ4n) is 3.03. The first kappa shape index (κ1) is 17.6. The van der Waals surface area contributed by atoms with Gasteiger partial charge in [-0.25, -0.2) is 4.79 Å². The van der Waals surface area contributed by atoms with E-state index in [1.165, 1.54) is 7.11 Å². The molecule has 2 unspecified atom stereocenters. The number of rotatable bonds is 5. The summed E-state index contributed by atoms with van der Waals surface area (Å²) >= 11 is 0. The molecule has 0 saturated carbocycles. The Labute approximate surface area is 135 Å². The first-order valence-electron chi connectivity index (χ1n) is 7.83. The van der Waals surface area contributed by atoms with Crippen LogP contribution in [0.4, 0.5) is 0 Å². The van der Waals surface area contributed by atoms with Gasteiger partial charge >= 0.3 is 5.97 Å². The molecule has 1 aliphatic carbocycles. The highest BCUT2D eigenvalue weighted by Crippen LogP contribution is 2.32. The summed E-state index contributed by atoms with van der Waals surface area (Å²) in [6.07, 6.45) is 7.03. The monoisotopic (exact) mass is 325 g/mol. The van der Waals surface area contributed by atoms with Crippen LogP contribution in [0.15, 0.2) is 12.2 Å². The summed E-state index contributed by atoms with van der Waals surface area (Å²) in [4.78, 5) is 40.3. The van der Waals surface area contributed by atoms with Crippen LogP contribution >= 0.6 is 0 Å². The van der Waals surface area contributed by atoms with Gasteiger partial charge in [-0.2, -0.15) is 0 Å². The minimum Gasteiger partial charge on any atom is -0.375 e. The summed E-state index contributed by atoms with van der Waals surface area (Å²) in [7, 11) is 3.09. The summed E-state index contributed by atoms with van der Waals surface area (Å²) in [6.45, 7) is 0. The number of methoxy groups -OCH3 is 2. The number of amides is 2. The Hall–Kier alpha value is -1.73. The molecule has 1 aliphatic heterocycles. The summed E-state index contributed by atoms with van der Waals surface area (Å²) in [5.41, 5.74) is -0.866. The maximum atomic E-state index is 12.3. The molecular weight excluding hydrogens is 302 g/mol. The molecule has 2 aliphatic rings. The molecule has 1 saturated heterocycles. The van der Waals surface area contributed by atoms with E-state index in [1.807, 2.05) is 12.2 Å². The van der Waals surface area contributed by atoms with Crippen molar-refractivity contribution >= 4 is 17.8 Å². The van der Waals surface area contributed by atoms with Crippen molar-refractivity contribution in [3.8, 4) is 0 Å². The number of carbonyl (C=O) groups is 3. The van der Waals surface area contributed by atoms with Crippen molar-refractivity contribution in [2.45, 2.75) is 56.7 Å². The Morgan fingerprint density at radius 2 is 1.96 bits per heavy atom. The van der Waals surface area contributed by atoms with Crippen molar-refractivity contribution in [2.75, 3.05) is 14.2 Å². The van der Waals surface area contributed by atoms with E-state index >= 15 is 0 Å². The van der Waals surface area contributed by atoms with Gasteiger partial charge in [0.1, 0.15) is 11.7 Å². The van der Waals surface area contributed by atoms with Crippen molar-refractivity contribution < 1.29 is 28.7 Å². The van der Waals surface area contributed by atoms with Gasteiger partial charge in [0, 0.05) is 27.1 Å². The second kappa shape index (κ2) is 7.70. The van der Waals surface area contributed by atoms with Crippen LogP contribution in [0.25, 0.3) is 0 Å². The molecule has 2 atom stereocenters. The fourth-order valence-corrected chi connectivity index (χ4v) is 3.03. The zero-order valence-electron chi connectivity index (χ0n) is 13.6.